The van der Waals surface area contributed by atoms with Crippen molar-refractivity contribution in [2.75, 3.05) is 6.61 Å². The minimum absolute atomic E-state index is 0.0286. The maximum atomic E-state index is 13.8. The number of nitrogens with one attached hydrogen (secondary N) is 2. The molecule has 6 atom stereocenters. The van der Waals surface area contributed by atoms with E-state index in [0.717, 1.165) is 95.5 Å². The van der Waals surface area contributed by atoms with Gasteiger partial charge in [0.1, 0.15) is 30.9 Å². The molecule has 1 saturated heterocycles. The molecular weight excluding hydrogens is 977 g/mol. The molecule has 0 radical (unpaired) electrons. The first-order chi connectivity index (χ1) is 36.7. The maximum absolute atomic E-state index is 13.8. The zero-order valence-corrected chi connectivity index (χ0v) is 46.6. The van der Waals surface area contributed by atoms with Crippen LogP contribution in [0.4, 0.5) is 0 Å². The number of hydrogen-bond acceptors (Lipinski definition) is 12. The van der Waals surface area contributed by atoms with Crippen molar-refractivity contribution >= 4 is 41.7 Å². The van der Waals surface area contributed by atoms with Gasteiger partial charge in [0.05, 0.1) is 18.9 Å². The van der Waals surface area contributed by atoms with E-state index in [9.17, 15) is 54.0 Å². The second kappa shape index (κ2) is 42.4. The first-order valence-electron chi connectivity index (χ1n) is 29.4. The number of hydrogen-bond donors (Lipinski definition) is 6. The van der Waals surface area contributed by atoms with Gasteiger partial charge in [-0.25, -0.2) is 4.79 Å². The number of amides is 2. The van der Waals surface area contributed by atoms with Crippen molar-refractivity contribution in [3.8, 4) is 0 Å². The molecule has 1 aliphatic heterocycles. The highest BCUT2D eigenvalue weighted by molar-refractivity contribution is 5.97. The predicted molar refractivity (Wildman–Crippen MR) is 291 cm³/mol. The summed E-state index contributed by atoms with van der Waals surface area (Å²) in [5.41, 5.74) is 1.28. The fraction of sp³-hybridized carbons (Fsp3) is 0.780. The van der Waals surface area contributed by atoms with Gasteiger partial charge in [-0.05, 0) is 49.8 Å². The number of ether oxygens (including phenoxy) is 4. The second-order valence-corrected chi connectivity index (χ2v) is 20.9. The number of aryl methyl sites for hydroxylation is 1. The molecular formula is C59H98N2O15. The molecule has 6 N–H and O–H groups in total. The van der Waals surface area contributed by atoms with Gasteiger partial charge in [-0.3, -0.25) is 28.8 Å². The molecule has 1 aromatic carbocycles. The number of rotatable bonds is 47. The molecule has 0 spiro atoms. The van der Waals surface area contributed by atoms with Crippen molar-refractivity contribution in [3.05, 3.63) is 35.4 Å². The molecule has 1 aliphatic rings. The summed E-state index contributed by atoms with van der Waals surface area (Å²) >= 11 is 0. The molecule has 1 heterocycles. The molecule has 0 aromatic heterocycles. The fourth-order valence-corrected chi connectivity index (χ4v) is 9.52. The van der Waals surface area contributed by atoms with Gasteiger partial charge in [-0.1, -0.05) is 193 Å². The largest absolute Gasteiger partial charge is 0.481 e. The van der Waals surface area contributed by atoms with Crippen LogP contribution in [-0.4, -0.2) is 111 Å². The minimum Gasteiger partial charge on any atom is -0.481 e. The number of benzene rings is 1. The van der Waals surface area contributed by atoms with Gasteiger partial charge in [0.15, 0.2) is 12.4 Å². The standard InChI is InChI=1S/C59H98N2O15/c1-4-7-10-13-16-18-20-22-24-27-30-33-49(62)61-54-56(76-53(69)34-31-28-25-23-21-19-17-14-11-8-5-2)55(70)48(75-59(54)74-46(41-51(65)66)42-52(67)68)43-73-58(72)47(39-40-50(63)64)60-57(71)45-37-35-44(36-38-45)32-29-26-15-12-9-6-3/h35-38,46-48,54-56,59,70H,4-34,39-43H2,1-3H3,(H,60,71)(H,61,62)(H,63,64)(H,65,66)(H,67,68)/t47-,48-,54-,55-,56-,59-/m1/s1. The Morgan fingerprint density at radius 3 is 1.51 bits per heavy atom. The summed E-state index contributed by atoms with van der Waals surface area (Å²) in [6.07, 6.45) is 20.3. The average Bonchev–Trinajstić information content (AvgIpc) is 3.38. The van der Waals surface area contributed by atoms with E-state index < -0.39 is 110 Å². The highest BCUT2D eigenvalue weighted by Gasteiger charge is 2.50. The zero-order chi connectivity index (χ0) is 55.8. The monoisotopic (exact) mass is 1070 g/mol. The van der Waals surface area contributed by atoms with Crippen LogP contribution >= 0.6 is 0 Å². The third-order valence-electron chi connectivity index (χ3n) is 14.1. The molecule has 0 unspecified atom stereocenters. The molecule has 1 fully saturated rings. The number of carboxylic acid groups (broad SMARTS) is 3. The molecule has 17 heteroatoms. The molecule has 0 aliphatic carbocycles. The van der Waals surface area contributed by atoms with Crippen molar-refractivity contribution in [1.29, 1.82) is 0 Å². The summed E-state index contributed by atoms with van der Waals surface area (Å²) in [4.78, 5) is 90.0. The van der Waals surface area contributed by atoms with Crippen LogP contribution in [0.25, 0.3) is 0 Å². The van der Waals surface area contributed by atoms with Gasteiger partial charge < -0.3 is 50.0 Å². The van der Waals surface area contributed by atoms with E-state index in [1.807, 2.05) is 12.1 Å². The number of carboxylic acids is 3. The Bertz CT molecular complexity index is 1760. The Kier molecular flexibility index (Phi) is 37.7. The van der Waals surface area contributed by atoms with E-state index in [-0.39, 0.29) is 24.8 Å². The van der Waals surface area contributed by atoms with Crippen molar-refractivity contribution in [3.63, 3.8) is 0 Å². The van der Waals surface area contributed by atoms with E-state index >= 15 is 0 Å². The normalized spacial score (nSPS) is 17.7. The van der Waals surface area contributed by atoms with E-state index in [0.29, 0.717) is 12.8 Å². The Hall–Kier alpha value is -4.61. The van der Waals surface area contributed by atoms with Gasteiger partial charge in [0, 0.05) is 24.8 Å². The first kappa shape index (κ1) is 67.5. The molecule has 1 aromatic rings. The van der Waals surface area contributed by atoms with Crippen LogP contribution in [0.15, 0.2) is 24.3 Å². The molecule has 2 rings (SSSR count). The zero-order valence-electron chi connectivity index (χ0n) is 46.6. The number of carbonyl (C=O) groups is 7. The number of aliphatic carboxylic acids is 3. The third kappa shape index (κ3) is 31.6. The van der Waals surface area contributed by atoms with Crippen LogP contribution in [0.3, 0.4) is 0 Å². The van der Waals surface area contributed by atoms with Crippen LogP contribution < -0.4 is 10.6 Å². The minimum atomic E-state index is -1.79. The lowest BCUT2D eigenvalue weighted by molar-refractivity contribution is -0.286. The van der Waals surface area contributed by atoms with E-state index in [1.165, 1.54) is 83.5 Å². The summed E-state index contributed by atoms with van der Waals surface area (Å²) < 4.78 is 23.7. The molecule has 76 heavy (non-hydrogen) atoms. The average molecular weight is 1080 g/mol. The Morgan fingerprint density at radius 1 is 0.579 bits per heavy atom. The summed E-state index contributed by atoms with van der Waals surface area (Å²) in [7, 11) is 0. The highest BCUT2D eigenvalue weighted by Crippen LogP contribution is 2.29. The lowest BCUT2D eigenvalue weighted by atomic mass is 9.95. The Balaban J connectivity index is 2.30. The SMILES string of the molecule is CCCCCCCCCCCCCC(=O)N[C@H]1[C@H](OC(CC(=O)O)CC(=O)O)O[C@H](COC(=O)[C@@H](CCC(=O)O)NC(=O)c2ccc(CCCCCCCC)cc2)[C@@H](O)[C@@H]1OC(=O)CCCCCCCCCCCCC. The summed E-state index contributed by atoms with van der Waals surface area (Å²) in [6, 6.07) is 3.99. The lowest BCUT2D eigenvalue weighted by Gasteiger charge is -2.44. The van der Waals surface area contributed by atoms with Crippen LogP contribution in [0, 0.1) is 0 Å². The molecule has 0 saturated carbocycles. The summed E-state index contributed by atoms with van der Waals surface area (Å²) in [5.74, 6) is -6.94. The number of aliphatic hydroxyl groups is 1. The number of esters is 2. The van der Waals surface area contributed by atoms with Crippen molar-refractivity contribution in [2.24, 2.45) is 0 Å². The van der Waals surface area contributed by atoms with Gasteiger partial charge in [-0.2, -0.15) is 0 Å². The molecule has 0 bridgehead atoms. The van der Waals surface area contributed by atoms with Gasteiger partial charge in [-0.15, -0.1) is 0 Å². The van der Waals surface area contributed by atoms with E-state index in [2.05, 4.69) is 31.4 Å². The Morgan fingerprint density at radius 2 is 1.04 bits per heavy atom. The van der Waals surface area contributed by atoms with Gasteiger partial charge in [0.25, 0.3) is 5.91 Å². The van der Waals surface area contributed by atoms with Crippen molar-refractivity contribution in [1.82, 2.24) is 10.6 Å². The van der Waals surface area contributed by atoms with Crippen LogP contribution in [0.5, 0.6) is 0 Å². The number of aliphatic hydroxyl groups excluding tert-OH is 1. The predicted octanol–water partition coefficient (Wildman–Crippen LogP) is 11.3. The van der Waals surface area contributed by atoms with Crippen molar-refractivity contribution in [2.45, 2.75) is 288 Å². The number of unbranched alkanes of at least 4 members (excludes halogenated alkanes) is 25. The molecule has 17 nitrogen and oxygen atoms in total. The van der Waals surface area contributed by atoms with Crippen LogP contribution in [-0.2, 0) is 54.1 Å². The highest BCUT2D eigenvalue weighted by atomic mass is 16.7. The topological polar surface area (TPSA) is 261 Å². The van der Waals surface area contributed by atoms with Crippen molar-refractivity contribution < 1.29 is 72.9 Å². The lowest BCUT2D eigenvalue weighted by Crippen LogP contribution is -2.66. The van der Waals surface area contributed by atoms with Crippen LogP contribution in [0.1, 0.15) is 255 Å². The third-order valence-corrected chi connectivity index (χ3v) is 14.1. The maximum Gasteiger partial charge on any atom is 0.328 e. The second-order valence-electron chi connectivity index (χ2n) is 20.9. The summed E-state index contributed by atoms with van der Waals surface area (Å²) in [6.45, 7) is 5.79. The van der Waals surface area contributed by atoms with Gasteiger partial charge >= 0.3 is 29.8 Å². The molecule has 2 amide bonds. The molecule has 434 valence electrons. The van der Waals surface area contributed by atoms with E-state index in [1.54, 1.807) is 12.1 Å². The smallest absolute Gasteiger partial charge is 0.328 e. The summed E-state index contributed by atoms with van der Waals surface area (Å²) in [5, 5.41) is 46.2. The number of carbonyl (C=O) groups excluding carboxylic acids is 4. The van der Waals surface area contributed by atoms with E-state index in [4.69, 9.17) is 18.9 Å². The fourth-order valence-electron chi connectivity index (χ4n) is 9.52. The Labute approximate surface area is 454 Å². The van der Waals surface area contributed by atoms with Gasteiger partial charge in [0.2, 0.25) is 5.91 Å². The van der Waals surface area contributed by atoms with Crippen LogP contribution in [0.2, 0.25) is 0 Å². The first-order valence-corrected chi connectivity index (χ1v) is 29.4. The quantitative estimate of drug-likeness (QED) is 0.0262.